The Morgan fingerprint density at radius 2 is 1.89 bits per heavy atom. The molecule has 2 saturated heterocycles. The largest absolute Gasteiger partial charge is 0.381 e. The number of nitrogens with zero attached hydrogens (tertiary/aromatic N) is 3. The van der Waals surface area contributed by atoms with E-state index in [9.17, 15) is 4.79 Å². The van der Waals surface area contributed by atoms with Crippen molar-refractivity contribution in [2.75, 3.05) is 73.2 Å². The van der Waals surface area contributed by atoms with Gasteiger partial charge >= 0.3 is 0 Å². The van der Waals surface area contributed by atoms with Gasteiger partial charge in [-0.1, -0.05) is 13.8 Å². The number of aliphatic imine (C=N–C) groups is 1. The van der Waals surface area contributed by atoms with Crippen LogP contribution in [0.25, 0.3) is 0 Å². The topological polar surface area (TPSA) is 78.4 Å². The van der Waals surface area contributed by atoms with Gasteiger partial charge in [-0.2, -0.15) is 0 Å². The molecule has 0 bridgehead atoms. The predicted octanol–water partition coefficient (Wildman–Crippen LogP) is 0.621. The van der Waals surface area contributed by atoms with E-state index in [1.54, 1.807) is 19.0 Å². The zero-order valence-electron chi connectivity index (χ0n) is 17.8. The predicted molar refractivity (Wildman–Crippen MR) is 122 cm³/mol. The van der Waals surface area contributed by atoms with Crippen LogP contribution in [0.4, 0.5) is 0 Å². The van der Waals surface area contributed by atoms with E-state index in [1.165, 1.54) is 0 Å². The van der Waals surface area contributed by atoms with E-state index >= 15 is 0 Å². The molecule has 28 heavy (non-hydrogen) atoms. The SMILES string of the molecule is CC(C)C(CNC(=NCC(=O)N(C)C)NCC1CCOC1)N1CCOCC1.I. The van der Waals surface area contributed by atoms with E-state index in [4.69, 9.17) is 9.47 Å². The van der Waals surface area contributed by atoms with Crippen molar-refractivity contribution in [1.29, 1.82) is 0 Å². The molecule has 2 aliphatic heterocycles. The van der Waals surface area contributed by atoms with Gasteiger partial charge in [0.15, 0.2) is 5.96 Å². The summed E-state index contributed by atoms with van der Waals surface area (Å²) in [5.74, 6) is 1.72. The van der Waals surface area contributed by atoms with Crippen molar-refractivity contribution < 1.29 is 14.3 Å². The van der Waals surface area contributed by atoms with Crippen LogP contribution in [0.5, 0.6) is 0 Å². The lowest BCUT2D eigenvalue weighted by atomic mass is 10.0. The standard InChI is InChI=1S/C19H37N5O3.HI/c1-15(2)17(24-6-9-26-10-7-24)12-21-19(22-13-18(25)23(3)4)20-11-16-5-8-27-14-16;/h15-17H,5-14H2,1-4H3,(H2,20,21,22);1H. The van der Waals surface area contributed by atoms with E-state index in [0.29, 0.717) is 23.8 Å². The van der Waals surface area contributed by atoms with Crippen LogP contribution in [0.2, 0.25) is 0 Å². The molecule has 1 amide bonds. The molecule has 0 aliphatic carbocycles. The summed E-state index contributed by atoms with van der Waals surface area (Å²) in [6.45, 7) is 11.4. The molecule has 8 nitrogen and oxygen atoms in total. The van der Waals surface area contributed by atoms with Crippen molar-refractivity contribution in [3.8, 4) is 0 Å². The number of nitrogens with one attached hydrogen (secondary N) is 2. The van der Waals surface area contributed by atoms with Gasteiger partial charge in [0.05, 0.1) is 19.8 Å². The third-order valence-corrected chi connectivity index (χ3v) is 5.22. The Morgan fingerprint density at radius 3 is 2.46 bits per heavy atom. The quantitative estimate of drug-likeness (QED) is 0.283. The summed E-state index contributed by atoms with van der Waals surface area (Å²) in [6, 6.07) is 0.403. The maximum absolute atomic E-state index is 11.9. The first kappa shape index (κ1) is 25.4. The van der Waals surface area contributed by atoms with Gasteiger partial charge in [0, 0.05) is 58.8 Å². The molecule has 0 aromatic carbocycles. The first-order valence-corrected chi connectivity index (χ1v) is 10.1. The summed E-state index contributed by atoms with van der Waals surface area (Å²) in [5, 5.41) is 6.86. The number of rotatable bonds is 8. The third-order valence-electron chi connectivity index (χ3n) is 5.22. The van der Waals surface area contributed by atoms with Crippen LogP contribution in [0, 0.1) is 11.8 Å². The van der Waals surface area contributed by atoms with Crippen molar-refractivity contribution in [2.45, 2.75) is 26.3 Å². The maximum Gasteiger partial charge on any atom is 0.243 e. The van der Waals surface area contributed by atoms with Gasteiger partial charge in [-0.3, -0.25) is 9.69 Å². The van der Waals surface area contributed by atoms with Crippen LogP contribution in [-0.4, -0.2) is 101 Å². The second-order valence-corrected chi connectivity index (χ2v) is 7.90. The number of morpholine rings is 1. The minimum absolute atomic E-state index is 0. The molecular weight excluding hydrogens is 473 g/mol. The molecule has 2 fully saturated rings. The number of carbonyl (C=O) groups excluding carboxylic acids is 1. The van der Waals surface area contributed by atoms with E-state index in [-0.39, 0.29) is 36.4 Å². The summed E-state index contributed by atoms with van der Waals surface area (Å²) >= 11 is 0. The Bertz CT molecular complexity index is 478. The van der Waals surface area contributed by atoms with Gasteiger partial charge < -0.3 is 25.0 Å². The average Bonchev–Trinajstić information content (AvgIpc) is 3.17. The third kappa shape index (κ3) is 8.79. The normalized spacial score (nSPS) is 21.9. The summed E-state index contributed by atoms with van der Waals surface area (Å²) in [7, 11) is 3.50. The van der Waals surface area contributed by atoms with Crippen molar-refractivity contribution in [3.63, 3.8) is 0 Å². The van der Waals surface area contributed by atoms with Crippen molar-refractivity contribution >= 4 is 35.8 Å². The lowest BCUT2D eigenvalue weighted by molar-refractivity contribution is -0.127. The van der Waals surface area contributed by atoms with Crippen LogP contribution in [0.3, 0.4) is 0 Å². The van der Waals surface area contributed by atoms with E-state index < -0.39 is 0 Å². The van der Waals surface area contributed by atoms with Gasteiger partial charge in [-0.05, 0) is 12.3 Å². The molecule has 2 atom stereocenters. The highest BCUT2D eigenvalue weighted by Gasteiger charge is 2.24. The molecule has 2 N–H and O–H groups in total. The highest BCUT2D eigenvalue weighted by atomic mass is 127. The van der Waals surface area contributed by atoms with Gasteiger partial charge in [-0.15, -0.1) is 24.0 Å². The lowest BCUT2D eigenvalue weighted by Crippen LogP contribution is -2.53. The van der Waals surface area contributed by atoms with Crippen LogP contribution < -0.4 is 10.6 Å². The van der Waals surface area contributed by atoms with Gasteiger partial charge in [0.25, 0.3) is 0 Å². The Balaban J connectivity index is 0.00000392. The second kappa shape index (κ2) is 13.6. The Hall–Kier alpha value is -0.650. The van der Waals surface area contributed by atoms with Gasteiger partial charge in [-0.25, -0.2) is 4.99 Å². The summed E-state index contributed by atoms with van der Waals surface area (Å²) in [5.41, 5.74) is 0. The molecule has 0 aromatic rings. The maximum atomic E-state index is 11.9. The number of halogens is 1. The Kier molecular flexibility index (Phi) is 12.3. The highest BCUT2D eigenvalue weighted by Crippen LogP contribution is 2.13. The van der Waals surface area contributed by atoms with Gasteiger partial charge in [0.1, 0.15) is 6.54 Å². The summed E-state index contributed by atoms with van der Waals surface area (Å²) < 4.78 is 10.9. The van der Waals surface area contributed by atoms with Crippen molar-refractivity contribution in [1.82, 2.24) is 20.4 Å². The fraction of sp³-hybridized carbons (Fsp3) is 0.895. The molecule has 0 spiro atoms. The smallest absolute Gasteiger partial charge is 0.243 e. The number of guanidine groups is 1. The number of hydrogen-bond acceptors (Lipinski definition) is 5. The second-order valence-electron chi connectivity index (χ2n) is 7.90. The minimum Gasteiger partial charge on any atom is -0.381 e. The Morgan fingerprint density at radius 1 is 1.18 bits per heavy atom. The number of hydrogen-bond donors (Lipinski definition) is 2. The zero-order valence-corrected chi connectivity index (χ0v) is 20.1. The fourth-order valence-corrected chi connectivity index (χ4v) is 3.34. The summed E-state index contributed by atoms with van der Waals surface area (Å²) in [4.78, 5) is 20.5. The highest BCUT2D eigenvalue weighted by molar-refractivity contribution is 14.0. The van der Waals surface area contributed by atoms with Crippen LogP contribution in [-0.2, 0) is 14.3 Å². The first-order valence-electron chi connectivity index (χ1n) is 10.1. The average molecular weight is 511 g/mol. The van der Waals surface area contributed by atoms with Crippen molar-refractivity contribution in [3.05, 3.63) is 0 Å². The molecule has 0 saturated carbocycles. The van der Waals surface area contributed by atoms with Crippen LogP contribution in [0.15, 0.2) is 4.99 Å². The number of likely N-dealkylation sites (N-methyl/N-ethyl adjacent to an activating group) is 1. The summed E-state index contributed by atoms with van der Waals surface area (Å²) in [6.07, 6.45) is 1.07. The molecule has 2 aliphatic rings. The molecule has 2 unspecified atom stereocenters. The number of amides is 1. The molecule has 2 rings (SSSR count). The first-order chi connectivity index (χ1) is 13.0. The van der Waals surface area contributed by atoms with E-state index in [0.717, 1.165) is 59.0 Å². The molecule has 164 valence electrons. The van der Waals surface area contributed by atoms with E-state index in [1.807, 2.05) is 0 Å². The monoisotopic (exact) mass is 511 g/mol. The number of ether oxygens (including phenoxy) is 2. The van der Waals surface area contributed by atoms with E-state index in [2.05, 4.69) is 34.4 Å². The Labute approximate surface area is 186 Å². The van der Waals surface area contributed by atoms with Gasteiger partial charge in [0.2, 0.25) is 5.91 Å². The number of carbonyl (C=O) groups is 1. The minimum atomic E-state index is -0.00566. The fourth-order valence-electron chi connectivity index (χ4n) is 3.34. The molecule has 0 aromatic heterocycles. The molecule has 0 radical (unpaired) electrons. The molecule has 9 heteroatoms. The van der Waals surface area contributed by atoms with Crippen LogP contribution in [0.1, 0.15) is 20.3 Å². The molecule has 2 heterocycles. The zero-order chi connectivity index (χ0) is 19.6. The lowest BCUT2D eigenvalue weighted by Gasteiger charge is -2.37. The van der Waals surface area contributed by atoms with Crippen LogP contribution >= 0.6 is 24.0 Å². The van der Waals surface area contributed by atoms with Crippen molar-refractivity contribution in [2.24, 2.45) is 16.8 Å². The molecular formula is C19H38IN5O3.